The van der Waals surface area contributed by atoms with E-state index in [4.69, 9.17) is 5.26 Å². The van der Waals surface area contributed by atoms with E-state index in [1.54, 1.807) is 6.07 Å². The Labute approximate surface area is 114 Å². The summed E-state index contributed by atoms with van der Waals surface area (Å²) in [6.07, 6.45) is 0. The van der Waals surface area contributed by atoms with Crippen molar-refractivity contribution in [2.45, 2.75) is 12.8 Å². The lowest BCUT2D eigenvalue weighted by molar-refractivity contribution is -0.117. The number of para-hydroxylation sites is 2. The summed E-state index contributed by atoms with van der Waals surface area (Å²) in [7, 11) is 0. The van der Waals surface area contributed by atoms with E-state index in [1.165, 1.54) is 6.92 Å². The number of Topliss-reactive ketones (excluding diaryl/α,β-unsaturated/α-hetero) is 1. The van der Waals surface area contributed by atoms with E-state index < -0.39 is 5.92 Å². The number of aromatic nitrogens is 2. The van der Waals surface area contributed by atoms with Gasteiger partial charge in [-0.2, -0.15) is 5.26 Å². The fourth-order valence-corrected chi connectivity index (χ4v) is 2.16. The number of fused-ring (bicyclic) bond motifs is 1. The summed E-state index contributed by atoms with van der Waals surface area (Å²) in [4.78, 5) is 29.9. The first-order chi connectivity index (χ1) is 9.11. The van der Waals surface area contributed by atoms with Gasteiger partial charge in [-0.3, -0.25) is 9.59 Å². The lowest BCUT2D eigenvalue weighted by atomic mass is 10.1. The fraction of sp³-hybridized carbons (Fsp3) is 0.231. The average Bonchev–Trinajstić information content (AvgIpc) is 2.80. The van der Waals surface area contributed by atoms with Crippen molar-refractivity contribution < 1.29 is 9.59 Å². The Morgan fingerprint density at radius 3 is 2.84 bits per heavy atom. The molecule has 0 aliphatic heterocycles. The Balaban J connectivity index is 2.24. The number of H-pyrrole nitrogens is 1. The fourth-order valence-electron chi connectivity index (χ4n) is 1.65. The van der Waals surface area contributed by atoms with E-state index in [2.05, 4.69) is 9.97 Å². The van der Waals surface area contributed by atoms with Gasteiger partial charge in [0.25, 0.3) is 0 Å². The predicted octanol–water partition coefficient (Wildman–Crippen LogP) is 2.02. The van der Waals surface area contributed by atoms with Gasteiger partial charge >= 0.3 is 0 Å². The van der Waals surface area contributed by atoms with Crippen LogP contribution in [-0.4, -0.2) is 26.6 Å². The third kappa shape index (κ3) is 3.01. The first kappa shape index (κ1) is 13.3. The van der Waals surface area contributed by atoms with Crippen LogP contribution in [0.3, 0.4) is 0 Å². The highest BCUT2D eigenvalue weighted by Crippen LogP contribution is 2.19. The number of nitriles is 1. The van der Waals surface area contributed by atoms with Gasteiger partial charge < -0.3 is 4.98 Å². The number of carbonyl (C=O) groups is 2. The highest BCUT2D eigenvalue weighted by Gasteiger charge is 2.23. The molecule has 5 nitrogen and oxygen atoms in total. The maximum atomic E-state index is 11.9. The minimum atomic E-state index is -0.959. The summed E-state index contributed by atoms with van der Waals surface area (Å²) in [5.74, 6) is -0.955. The monoisotopic (exact) mass is 273 g/mol. The first-order valence-electron chi connectivity index (χ1n) is 5.62. The molecule has 1 N–H and O–H groups in total. The van der Waals surface area contributed by atoms with Crippen molar-refractivity contribution in [2.24, 2.45) is 0 Å². The molecule has 0 aliphatic rings. The number of ketones is 1. The molecule has 0 saturated heterocycles. The normalized spacial score (nSPS) is 12.0. The number of hydrogen-bond donors (Lipinski definition) is 1. The zero-order valence-corrected chi connectivity index (χ0v) is 11.0. The number of aromatic amines is 1. The molecule has 1 heterocycles. The number of thioether (sulfide) groups is 1. The Bertz CT molecular complexity index is 639. The maximum absolute atomic E-state index is 11.9. The summed E-state index contributed by atoms with van der Waals surface area (Å²) in [6.45, 7) is 1.39. The van der Waals surface area contributed by atoms with Crippen molar-refractivity contribution in [3.63, 3.8) is 0 Å². The van der Waals surface area contributed by atoms with Crippen LogP contribution in [0, 0.1) is 11.3 Å². The van der Waals surface area contributed by atoms with Crippen molar-refractivity contribution in [3.05, 3.63) is 30.1 Å². The van der Waals surface area contributed by atoms with E-state index in [9.17, 15) is 9.59 Å². The van der Waals surface area contributed by atoms with Gasteiger partial charge in [0.05, 0.1) is 22.9 Å². The quantitative estimate of drug-likeness (QED) is 0.920. The van der Waals surface area contributed by atoms with Crippen LogP contribution in [0.4, 0.5) is 0 Å². The second-order valence-corrected chi connectivity index (χ2v) is 5.10. The molecule has 19 heavy (non-hydrogen) atoms. The number of hydrogen-bond acceptors (Lipinski definition) is 5. The molecule has 0 radical (unpaired) electrons. The van der Waals surface area contributed by atoms with E-state index in [-0.39, 0.29) is 16.7 Å². The summed E-state index contributed by atoms with van der Waals surface area (Å²) in [5, 5.41) is 8.97. The van der Waals surface area contributed by atoms with E-state index >= 15 is 0 Å². The topological polar surface area (TPSA) is 86.6 Å². The van der Waals surface area contributed by atoms with E-state index in [1.807, 2.05) is 24.3 Å². The molecule has 1 atom stereocenters. The largest absolute Gasteiger partial charge is 0.340 e. The van der Waals surface area contributed by atoms with Gasteiger partial charge in [0.2, 0.25) is 0 Å². The second kappa shape index (κ2) is 5.67. The lowest BCUT2D eigenvalue weighted by Crippen LogP contribution is -2.15. The highest BCUT2D eigenvalue weighted by atomic mass is 32.2. The molecule has 1 aromatic heterocycles. The number of rotatable bonds is 4. The molecule has 96 valence electrons. The van der Waals surface area contributed by atoms with Gasteiger partial charge in [-0.1, -0.05) is 23.9 Å². The standard InChI is InChI=1S/C13H11N3O2S/c1-8(17)19-7-12(18)9(6-14)13-15-10-4-2-3-5-11(10)16-13/h2-5,9H,7H2,1H3,(H,15,16). The van der Waals surface area contributed by atoms with Crippen molar-refractivity contribution in [2.75, 3.05) is 5.75 Å². The first-order valence-corrected chi connectivity index (χ1v) is 6.60. The number of imidazole rings is 1. The number of benzene rings is 1. The third-order valence-corrected chi connectivity index (χ3v) is 3.39. The van der Waals surface area contributed by atoms with Crippen LogP contribution in [0.2, 0.25) is 0 Å². The summed E-state index contributed by atoms with van der Waals surface area (Å²) in [6, 6.07) is 9.25. The zero-order valence-electron chi connectivity index (χ0n) is 10.2. The van der Waals surface area contributed by atoms with Crippen LogP contribution in [-0.2, 0) is 9.59 Å². The van der Waals surface area contributed by atoms with Crippen LogP contribution in [0.5, 0.6) is 0 Å². The van der Waals surface area contributed by atoms with E-state index in [0.29, 0.717) is 11.3 Å². The van der Waals surface area contributed by atoms with Crippen molar-refractivity contribution in [3.8, 4) is 6.07 Å². The molecular formula is C13H11N3O2S. The molecule has 6 heteroatoms. The maximum Gasteiger partial charge on any atom is 0.186 e. The van der Waals surface area contributed by atoms with Crippen molar-refractivity contribution in [1.29, 1.82) is 5.26 Å². The Morgan fingerprint density at radius 1 is 1.47 bits per heavy atom. The summed E-state index contributed by atoms with van der Waals surface area (Å²) in [5.41, 5.74) is 1.49. The summed E-state index contributed by atoms with van der Waals surface area (Å²) < 4.78 is 0. The third-order valence-electron chi connectivity index (χ3n) is 2.55. The minimum absolute atomic E-state index is 0.00932. The number of carbonyl (C=O) groups excluding carboxylic acids is 2. The van der Waals surface area contributed by atoms with Gasteiger partial charge in [0, 0.05) is 6.92 Å². The molecule has 2 rings (SSSR count). The molecule has 2 aromatic rings. The van der Waals surface area contributed by atoms with Crippen LogP contribution < -0.4 is 0 Å². The highest BCUT2D eigenvalue weighted by molar-refractivity contribution is 8.14. The lowest BCUT2D eigenvalue weighted by Gasteiger charge is -2.03. The van der Waals surface area contributed by atoms with Gasteiger partial charge in [-0.25, -0.2) is 4.98 Å². The van der Waals surface area contributed by atoms with Crippen LogP contribution in [0.1, 0.15) is 18.7 Å². The van der Waals surface area contributed by atoms with Crippen LogP contribution in [0.15, 0.2) is 24.3 Å². The molecule has 0 aliphatic carbocycles. The average molecular weight is 273 g/mol. The van der Waals surface area contributed by atoms with Gasteiger partial charge in [-0.05, 0) is 12.1 Å². The zero-order chi connectivity index (χ0) is 13.8. The molecule has 0 saturated carbocycles. The Morgan fingerprint density at radius 2 is 2.21 bits per heavy atom. The van der Waals surface area contributed by atoms with Gasteiger partial charge in [0.1, 0.15) is 5.82 Å². The van der Waals surface area contributed by atoms with Crippen LogP contribution >= 0.6 is 11.8 Å². The van der Waals surface area contributed by atoms with Crippen molar-refractivity contribution in [1.82, 2.24) is 9.97 Å². The number of nitrogens with zero attached hydrogens (tertiary/aromatic N) is 2. The Hall–Kier alpha value is -2.13. The second-order valence-electron chi connectivity index (χ2n) is 3.95. The SMILES string of the molecule is CC(=O)SCC(=O)C(C#N)c1nc2ccccc2[nH]1. The van der Waals surface area contributed by atoms with Gasteiger partial charge in [0.15, 0.2) is 16.8 Å². The minimum Gasteiger partial charge on any atom is -0.340 e. The molecule has 0 spiro atoms. The van der Waals surface area contributed by atoms with Crippen molar-refractivity contribution >= 4 is 33.7 Å². The molecule has 0 amide bonds. The summed E-state index contributed by atoms with van der Waals surface area (Å²) >= 11 is 0.903. The van der Waals surface area contributed by atoms with Crippen LogP contribution in [0.25, 0.3) is 11.0 Å². The van der Waals surface area contributed by atoms with E-state index in [0.717, 1.165) is 17.3 Å². The molecule has 0 fully saturated rings. The molecule has 1 unspecified atom stereocenters. The number of nitrogens with one attached hydrogen (secondary N) is 1. The molecular weight excluding hydrogens is 262 g/mol. The Kier molecular flexibility index (Phi) is 3.97. The molecule has 0 bridgehead atoms. The molecule has 1 aromatic carbocycles. The predicted molar refractivity (Wildman–Crippen MR) is 72.6 cm³/mol. The smallest absolute Gasteiger partial charge is 0.186 e. The van der Waals surface area contributed by atoms with Gasteiger partial charge in [-0.15, -0.1) is 0 Å².